The number of carbonyl (C=O) groups is 4. The number of fused-ring (bicyclic) bond motifs is 1. The van der Waals surface area contributed by atoms with Crippen LogP contribution in [0.4, 0.5) is 11.4 Å². The van der Waals surface area contributed by atoms with Crippen molar-refractivity contribution in [3.63, 3.8) is 0 Å². The SMILES string of the molecule is CCc1ccccc1NC(=O)COC(=O)c1ccc(N2C(=O)[C@H]3CC=CC[C@H]3C2=O)cc1. The summed E-state index contributed by atoms with van der Waals surface area (Å²) in [5.74, 6) is -2.12. The quantitative estimate of drug-likeness (QED) is 0.428. The number of para-hydroxylation sites is 1. The fraction of sp³-hybridized carbons (Fsp3) is 0.280. The Morgan fingerprint density at radius 3 is 2.22 bits per heavy atom. The van der Waals surface area contributed by atoms with E-state index in [2.05, 4.69) is 5.32 Å². The fourth-order valence-corrected chi connectivity index (χ4v) is 4.15. The topological polar surface area (TPSA) is 92.8 Å². The third kappa shape index (κ3) is 4.19. The van der Waals surface area contributed by atoms with Gasteiger partial charge in [-0.2, -0.15) is 0 Å². The number of carbonyl (C=O) groups excluding carboxylic acids is 4. The van der Waals surface area contributed by atoms with Crippen LogP contribution in [0.15, 0.2) is 60.7 Å². The van der Waals surface area contributed by atoms with Crippen molar-refractivity contribution in [2.75, 3.05) is 16.8 Å². The second-order valence-corrected chi connectivity index (χ2v) is 7.85. The average Bonchev–Trinajstić information content (AvgIpc) is 3.08. The Hall–Kier alpha value is -3.74. The van der Waals surface area contributed by atoms with Crippen molar-refractivity contribution in [1.29, 1.82) is 0 Å². The van der Waals surface area contributed by atoms with Crippen LogP contribution in [-0.4, -0.2) is 30.3 Å². The van der Waals surface area contributed by atoms with Gasteiger partial charge in [-0.15, -0.1) is 0 Å². The molecule has 7 nitrogen and oxygen atoms in total. The maximum Gasteiger partial charge on any atom is 0.338 e. The standard InChI is InChI=1S/C25H24N2O5/c1-2-16-7-3-6-10-21(16)26-22(28)15-32-25(31)17-11-13-18(14-12-17)27-23(29)19-8-4-5-9-20(19)24(27)30/h3-7,10-14,19-20H,2,8-9,15H2,1H3,(H,26,28)/t19-,20+. The smallest absolute Gasteiger partial charge is 0.338 e. The van der Waals surface area contributed by atoms with Crippen LogP contribution in [0.2, 0.25) is 0 Å². The zero-order chi connectivity index (χ0) is 22.7. The number of imide groups is 1. The molecule has 1 N–H and O–H groups in total. The Kier molecular flexibility index (Phi) is 6.16. The van der Waals surface area contributed by atoms with E-state index in [1.807, 2.05) is 37.3 Å². The lowest BCUT2D eigenvalue weighted by molar-refractivity contribution is -0.122. The van der Waals surface area contributed by atoms with Gasteiger partial charge in [-0.3, -0.25) is 19.3 Å². The molecule has 1 saturated heterocycles. The molecule has 0 radical (unpaired) electrons. The third-order valence-electron chi connectivity index (χ3n) is 5.88. The number of hydrogen-bond acceptors (Lipinski definition) is 5. The predicted octanol–water partition coefficient (Wildman–Crippen LogP) is 3.50. The lowest BCUT2D eigenvalue weighted by Gasteiger charge is -2.15. The Morgan fingerprint density at radius 1 is 0.969 bits per heavy atom. The zero-order valence-electron chi connectivity index (χ0n) is 17.7. The largest absolute Gasteiger partial charge is 0.452 e. The first-order chi connectivity index (χ1) is 15.5. The highest BCUT2D eigenvalue weighted by Crippen LogP contribution is 2.37. The van der Waals surface area contributed by atoms with Crippen molar-refractivity contribution >= 4 is 35.1 Å². The molecule has 0 bridgehead atoms. The summed E-state index contributed by atoms with van der Waals surface area (Å²) >= 11 is 0. The predicted molar refractivity (Wildman–Crippen MR) is 119 cm³/mol. The van der Waals surface area contributed by atoms with E-state index in [1.165, 1.54) is 17.0 Å². The average molecular weight is 432 g/mol. The van der Waals surface area contributed by atoms with Crippen molar-refractivity contribution in [2.45, 2.75) is 26.2 Å². The summed E-state index contributed by atoms with van der Waals surface area (Å²) < 4.78 is 5.11. The third-order valence-corrected chi connectivity index (χ3v) is 5.88. The molecule has 1 aliphatic carbocycles. The summed E-state index contributed by atoms with van der Waals surface area (Å²) in [5.41, 5.74) is 2.34. The van der Waals surface area contributed by atoms with Crippen molar-refractivity contribution in [1.82, 2.24) is 0 Å². The Labute approximate surface area is 186 Å². The maximum absolute atomic E-state index is 12.7. The van der Waals surface area contributed by atoms with Crippen LogP contribution in [0.5, 0.6) is 0 Å². The highest BCUT2D eigenvalue weighted by molar-refractivity contribution is 6.22. The van der Waals surface area contributed by atoms with Gasteiger partial charge < -0.3 is 10.1 Å². The summed E-state index contributed by atoms with van der Waals surface area (Å²) in [6.45, 7) is 1.57. The Morgan fingerprint density at radius 2 is 1.59 bits per heavy atom. The molecule has 2 atom stereocenters. The van der Waals surface area contributed by atoms with E-state index >= 15 is 0 Å². The van der Waals surface area contributed by atoms with E-state index in [0.717, 1.165) is 12.0 Å². The van der Waals surface area contributed by atoms with Crippen molar-refractivity contribution in [3.05, 3.63) is 71.8 Å². The molecule has 164 valence electrons. The number of nitrogens with zero attached hydrogens (tertiary/aromatic N) is 1. The Bertz CT molecular complexity index is 1060. The van der Waals surface area contributed by atoms with Gasteiger partial charge in [0, 0.05) is 5.69 Å². The first kappa shape index (κ1) is 21.5. The minimum absolute atomic E-state index is 0.205. The van der Waals surface area contributed by atoms with Crippen molar-refractivity contribution in [2.24, 2.45) is 11.8 Å². The highest BCUT2D eigenvalue weighted by Gasteiger charge is 2.47. The van der Waals surface area contributed by atoms with Gasteiger partial charge in [0.15, 0.2) is 6.61 Å². The highest BCUT2D eigenvalue weighted by atomic mass is 16.5. The zero-order valence-corrected chi connectivity index (χ0v) is 17.7. The van der Waals surface area contributed by atoms with Crippen molar-refractivity contribution < 1.29 is 23.9 Å². The number of esters is 1. The molecule has 2 aromatic rings. The molecule has 4 rings (SSSR count). The normalized spacial score (nSPS) is 19.6. The van der Waals surface area contributed by atoms with E-state index < -0.39 is 18.5 Å². The van der Waals surface area contributed by atoms with Gasteiger partial charge in [-0.05, 0) is 55.2 Å². The van der Waals surface area contributed by atoms with Gasteiger partial charge in [0.05, 0.1) is 23.1 Å². The number of anilines is 2. The minimum Gasteiger partial charge on any atom is -0.452 e. The van der Waals surface area contributed by atoms with Crippen LogP contribution in [0.25, 0.3) is 0 Å². The van der Waals surface area contributed by atoms with E-state index in [0.29, 0.717) is 24.2 Å². The maximum atomic E-state index is 12.7. The molecule has 32 heavy (non-hydrogen) atoms. The summed E-state index contributed by atoms with van der Waals surface area (Å²) in [4.78, 5) is 51.1. The van der Waals surface area contributed by atoms with E-state index in [1.54, 1.807) is 18.2 Å². The van der Waals surface area contributed by atoms with Gasteiger partial charge in [0.25, 0.3) is 5.91 Å². The molecule has 1 aliphatic heterocycles. The molecule has 1 heterocycles. The van der Waals surface area contributed by atoms with Gasteiger partial charge in [0.1, 0.15) is 0 Å². The molecule has 7 heteroatoms. The number of hydrogen-bond donors (Lipinski definition) is 1. The van der Waals surface area contributed by atoms with Crippen LogP contribution < -0.4 is 10.2 Å². The summed E-state index contributed by atoms with van der Waals surface area (Å²) in [7, 11) is 0. The molecule has 2 aromatic carbocycles. The first-order valence-corrected chi connectivity index (χ1v) is 10.7. The summed E-state index contributed by atoms with van der Waals surface area (Å²) in [6.07, 6.45) is 5.78. The molecule has 1 fully saturated rings. The molecule has 0 saturated carbocycles. The molecular weight excluding hydrogens is 408 g/mol. The van der Waals surface area contributed by atoms with Crippen LogP contribution in [-0.2, 0) is 25.5 Å². The number of rotatable bonds is 6. The lowest BCUT2D eigenvalue weighted by Crippen LogP contribution is -2.30. The van der Waals surface area contributed by atoms with Crippen LogP contribution >= 0.6 is 0 Å². The number of aryl methyl sites for hydroxylation is 1. The number of amides is 3. The molecule has 0 spiro atoms. The number of benzene rings is 2. The van der Waals surface area contributed by atoms with Gasteiger partial charge >= 0.3 is 5.97 Å². The molecule has 3 amide bonds. The van der Waals surface area contributed by atoms with Gasteiger partial charge in [-0.25, -0.2) is 4.79 Å². The van der Waals surface area contributed by atoms with Crippen LogP contribution in [0.3, 0.4) is 0 Å². The van der Waals surface area contributed by atoms with E-state index in [-0.39, 0.29) is 29.2 Å². The number of ether oxygens (including phenoxy) is 1. The Balaban J connectivity index is 1.36. The number of nitrogens with one attached hydrogen (secondary N) is 1. The van der Waals surface area contributed by atoms with Crippen LogP contribution in [0, 0.1) is 11.8 Å². The number of allylic oxidation sites excluding steroid dienone is 2. The second-order valence-electron chi connectivity index (χ2n) is 7.85. The van der Waals surface area contributed by atoms with Crippen LogP contribution in [0.1, 0.15) is 35.7 Å². The monoisotopic (exact) mass is 432 g/mol. The fourth-order valence-electron chi connectivity index (χ4n) is 4.15. The summed E-state index contributed by atoms with van der Waals surface area (Å²) in [6, 6.07) is 13.5. The lowest BCUT2D eigenvalue weighted by atomic mass is 9.85. The summed E-state index contributed by atoms with van der Waals surface area (Å²) in [5, 5.41) is 2.75. The van der Waals surface area contributed by atoms with E-state index in [9.17, 15) is 19.2 Å². The minimum atomic E-state index is -0.660. The second kappa shape index (κ2) is 9.18. The van der Waals surface area contributed by atoms with Gasteiger partial charge in [-0.1, -0.05) is 37.3 Å². The molecule has 2 aliphatic rings. The first-order valence-electron chi connectivity index (χ1n) is 10.7. The molecular formula is C25H24N2O5. The molecule has 0 aromatic heterocycles. The van der Waals surface area contributed by atoms with E-state index in [4.69, 9.17) is 4.74 Å². The van der Waals surface area contributed by atoms with Crippen molar-refractivity contribution in [3.8, 4) is 0 Å². The molecule has 0 unspecified atom stereocenters. The van der Waals surface area contributed by atoms with Gasteiger partial charge in [0.2, 0.25) is 11.8 Å².